The number of benzene rings is 1. The maximum atomic E-state index is 12.7. The molecular weight excluding hydrogens is 306 g/mol. The van der Waals surface area contributed by atoms with Crippen LogP contribution in [0.5, 0.6) is 0 Å². The van der Waals surface area contributed by atoms with Crippen LogP contribution in [0.3, 0.4) is 0 Å². The fourth-order valence-electron chi connectivity index (χ4n) is 4.07. The first-order valence-electron chi connectivity index (χ1n) is 8.35. The monoisotopic (exact) mass is 325 g/mol. The SMILES string of the molecule is N#CC1CN(C(=O)N2CCC(C3(C(=O)O)CC3)c3ccccc32)C1. The highest BCUT2D eigenvalue weighted by Gasteiger charge is 2.57. The Hall–Kier alpha value is -2.55. The second-order valence-corrected chi connectivity index (χ2v) is 7.03. The molecule has 2 aliphatic heterocycles. The molecule has 4 rings (SSSR count). The van der Waals surface area contributed by atoms with Gasteiger partial charge in [-0.25, -0.2) is 4.79 Å². The number of nitriles is 1. The fraction of sp³-hybridized carbons (Fsp3) is 0.500. The molecule has 124 valence electrons. The number of hydrogen-bond acceptors (Lipinski definition) is 3. The van der Waals surface area contributed by atoms with Gasteiger partial charge in [0.2, 0.25) is 0 Å². The number of rotatable bonds is 2. The molecule has 6 heteroatoms. The Kier molecular flexibility index (Phi) is 3.27. The molecule has 1 unspecified atom stereocenters. The number of anilines is 1. The van der Waals surface area contributed by atoms with E-state index in [1.165, 1.54) is 0 Å². The van der Waals surface area contributed by atoms with Crippen molar-refractivity contribution in [2.45, 2.75) is 25.2 Å². The number of nitrogens with zero attached hydrogens (tertiary/aromatic N) is 3. The maximum Gasteiger partial charge on any atom is 0.324 e. The van der Waals surface area contributed by atoms with Crippen LogP contribution in [0.1, 0.15) is 30.7 Å². The highest BCUT2D eigenvalue weighted by Crippen LogP contribution is 2.60. The summed E-state index contributed by atoms with van der Waals surface area (Å²) in [7, 11) is 0. The summed E-state index contributed by atoms with van der Waals surface area (Å²) in [6.07, 6.45) is 2.10. The van der Waals surface area contributed by atoms with E-state index >= 15 is 0 Å². The zero-order valence-corrected chi connectivity index (χ0v) is 13.3. The zero-order valence-electron chi connectivity index (χ0n) is 13.3. The van der Waals surface area contributed by atoms with E-state index in [0.717, 1.165) is 11.3 Å². The predicted molar refractivity (Wildman–Crippen MR) is 86.5 cm³/mol. The molecule has 1 aromatic carbocycles. The number of urea groups is 1. The van der Waals surface area contributed by atoms with E-state index in [1.807, 2.05) is 24.3 Å². The normalized spacial score (nSPS) is 24.5. The fourth-order valence-corrected chi connectivity index (χ4v) is 4.07. The number of aliphatic carboxylic acids is 1. The second kappa shape index (κ2) is 5.23. The smallest absolute Gasteiger partial charge is 0.324 e. The Labute approximate surface area is 140 Å². The first kappa shape index (κ1) is 15.0. The number of carbonyl (C=O) groups is 2. The molecule has 0 spiro atoms. The highest BCUT2D eigenvalue weighted by molar-refractivity contribution is 5.94. The first-order chi connectivity index (χ1) is 11.6. The Bertz CT molecular complexity index is 744. The van der Waals surface area contributed by atoms with Gasteiger partial charge >= 0.3 is 12.0 Å². The molecule has 1 N–H and O–H groups in total. The van der Waals surface area contributed by atoms with E-state index in [1.54, 1.807) is 9.80 Å². The number of likely N-dealkylation sites (tertiary alicyclic amines) is 1. The van der Waals surface area contributed by atoms with Gasteiger partial charge in [0.15, 0.2) is 0 Å². The molecule has 1 aliphatic carbocycles. The number of carboxylic acids is 1. The van der Waals surface area contributed by atoms with Crippen LogP contribution in [0.4, 0.5) is 10.5 Å². The molecule has 1 atom stereocenters. The summed E-state index contributed by atoms with van der Waals surface area (Å²) >= 11 is 0. The number of para-hydroxylation sites is 1. The number of hydrogen-bond donors (Lipinski definition) is 1. The van der Waals surface area contributed by atoms with Crippen LogP contribution >= 0.6 is 0 Å². The second-order valence-electron chi connectivity index (χ2n) is 7.03. The van der Waals surface area contributed by atoms with Gasteiger partial charge in [-0.1, -0.05) is 18.2 Å². The third-order valence-electron chi connectivity index (χ3n) is 5.69. The number of carbonyl (C=O) groups excluding carboxylic acids is 1. The van der Waals surface area contributed by atoms with Gasteiger partial charge in [-0.15, -0.1) is 0 Å². The molecule has 24 heavy (non-hydrogen) atoms. The minimum atomic E-state index is -0.721. The topological polar surface area (TPSA) is 84.6 Å². The van der Waals surface area contributed by atoms with Crippen molar-refractivity contribution in [3.63, 3.8) is 0 Å². The molecule has 2 heterocycles. The molecule has 0 bridgehead atoms. The van der Waals surface area contributed by atoms with Gasteiger partial charge < -0.3 is 10.0 Å². The van der Waals surface area contributed by atoms with Crippen LogP contribution in [0.25, 0.3) is 0 Å². The average Bonchev–Trinajstić information content (AvgIpc) is 3.34. The summed E-state index contributed by atoms with van der Waals surface area (Å²) < 4.78 is 0. The van der Waals surface area contributed by atoms with Crippen molar-refractivity contribution >= 4 is 17.7 Å². The van der Waals surface area contributed by atoms with E-state index in [-0.39, 0.29) is 17.9 Å². The molecule has 0 aromatic heterocycles. The Morgan fingerprint density at radius 1 is 1.25 bits per heavy atom. The minimum absolute atomic E-state index is 0.0292. The lowest BCUT2D eigenvalue weighted by atomic mass is 9.78. The van der Waals surface area contributed by atoms with Crippen molar-refractivity contribution in [1.82, 2.24) is 4.90 Å². The number of fused-ring (bicyclic) bond motifs is 1. The minimum Gasteiger partial charge on any atom is -0.481 e. The van der Waals surface area contributed by atoms with Crippen LogP contribution in [0.2, 0.25) is 0 Å². The van der Waals surface area contributed by atoms with Gasteiger partial charge in [-0.2, -0.15) is 5.26 Å². The van der Waals surface area contributed by atoms with Crippen LogP contribution < -0.4 is 4.90 Å². The Morgan fingerprint density at radius 3 is 2.58 bits per heavy atom. The maximum absolute atomic E-state index is 12.7. The van der Waals surface area contributed by atoms with Crippen molar-refractivity contribution in [3.8, 4) is 6.07 Å². The average molecular weight is 325 g/mol. The summed E-state index contributed by atoms with van der Waals surface area (Å²) in [5.74, 6) is -0.816. The van der Waals surface area contributed by atoms with E-state index in [4.69, 9.17) is 5.26 Å². The largest absolute Gasteiger partial charge is 0.481 e. The van der Waals surface area contributed by atoms with Crippen LogP contribution in [0, 0.1) is 22.7 Å². The highest BCUT2D eigenvalue weighted by atomic mass is 16.4. The third-order valence-corrected chi connectivity index (χ3v) is 5.69. The molecule has 2 fully saturated rings. The van der Waals surface area contributed by atoms with Crippen molar-refractivity contribution in [3.05, 3.63) is 29.8 Å². The molecular formula is C18H19N3O3. The summed E-state index contributed by atoms with van der Waals surface area (Å²) in [5.41, 5.74) is 1.15. The predicted octanol–water partition coefficient (Wildman–Crippen LogP) is 2.42. The van der Waals surface area contributed by atoms with E-state index in [0.29, 0.717) is 38.9 Å². The molecule has 2 amide bonds. The van der Waals surface area contributed by atoms with E-state index in [9.17, 15) is 14.7 Å². The van der Waals surface area contributed by atoms with Gasteiger partial charge in [-0.05, 0) is 30.9 Å². The Balaban J connectivity index is 1.62. The van der Waals surface area contributed by atoms with Crippen LogP contribution in [-0.4, -0.2) is 41.6 Å². The van der Waals surface area contributed by atoms with Gasteiger partial charge in [0, 0.05) is 31.2 Å². The van der Waals surface area contributed by atoms with Gasteiger partial charge in [-0.3, -0.25) is 9.69 Å². The molecule has 0 radical (unpaired) electrons. The van der Waals surface area contributed by atoms with E-state index < -0.39 is 11.4 Å². The lowest BCUT2D eigenvalue weighted by Gasteiger charge is -2.42. The van der Waals surface area contributed by atoms with Crippen molar-refractivity contribution in [2.24, 2.45) is 11.3 Å². The van der Waals surface area contributed by atoms with Crippen molar-refractivity contribution in [2.75, 3.05) is 24.5 Å². The van der Waals surface area contributed by atoms with E-state index in [2.05, 4.69) is 6.07 Å². The zero-order chi connectivity index (χ0) is 16.9. The summed E-state index contributed by atoms with van der Waals surface area (Å²) in [5, 5.41) is 18.5. The third kappa shape index (κ3) is 2.08. The summed E-state index contributed by atoms with van der Waals surface area (Å²) in [6.45, 7) is 1.50. The molecule has 1 saturated heterocycles. The number of amides is 2. The van der Waals surface area contributed by atoms with Crippen molar-refractivity contribution in [1.29, 1.82) is 5.26 Å². The molecule has 1 aromatic rings. The standard InChI is InChI=1S/C18H19N3O3/c19-9-12-10-20(11-12)17(24)21-8-5-14(18(6-7-18)16(22)23)13-3-1-2-4-15(13)21/h1-4,12,14H,5-8,10-11H2,(H,22,23). The van der Waals surface area contributed by atoms with Crippen LogP contribution in [0.15, 0.2) is 24.3 Å². The van der Waals surface area contributed by atoms with Crippen molar-refractivity contribution < 1.29 is 14.7 Å². The molecule has 6 nitrogen and oxygen atoms in total. The quantitative estimate of drug-likeness (QED) is 0.905. The number of carboxylic acid groups (broad SMARTS) is 1. The van der Waals surface area contributed by atoms with Gasteiger partial charge in [0.1, 0.15) is 0 Å². The first-order valence-corrected chi connectivity index (χ1v) is 8.35. The van der Waals surface area contributed by atoms with Gasteiger partial charge in [0.05, 0.1) is 17.4 Å². The molecule has 1 saturated carbocycles. The Morgan fingerprint density at radius 2 is 1.96 bits per heavy atom. The lowest BCUT2D eigenvalue weighted by Crippen LogP contribution is -2.56. The van der Waals surface area contributed by atoms with Gasteiger partial charge in [0.25, 0.3) is 0 Å². The van der Waals surface area contributed by atoms with Crippen LogP contribution in [-0.2, 0) is 4.79 Å². The molecule has 3 aliphatic rings. The lowest BCUT2D eigenvalue weighted by molar-refractivity contribution is -0.144. The summed E-state index contributed by atoms with van der Waals surface area (Å²) in [4.78, 5) is 27.9. The summed E-state index contributed by atoms with van der Waals surface area (Å²) in [6, 6.07) is 9.75.